The summed E-state index contributed by atoms with van der Waals surface area (Å²) in [6.07, 6.45) is 13.9. The van der Waals surface area contributed by atoms with Crippen molar-refractivity contribution in [3.8, 4) is 0 Å². The number of nitrogens with zero attached hydrogens (tertiary/aromatic N) is 2. The van der Waals surface area contributed by atoms with Crippen molar-refractivity contribution in [1.29, 1.82) is 0 Å². The molecular formula is C35H45N2O7S2+. The predicted octanol–water partition coefficient (Wildman–Crippen LogP) is 6.15. The average molecular weight is 670 g/mol. The Kier molecular flexibility index (Phi) is 11.2. The number of unbranched alkanes of at least 4 members (excludes halogenated alkanes) is 1. The third-order valence-electron chi connectivity index (χ3n) is 9.20. The fraction of sp³-hybridized carbons (Fsp3) is 0.429. The minimum Gasteiger partial charge on any atom is -0.344 e. The van der Waals surface area contributed by atoms with E-state index in [9.17, 15) is 30.7 Å². The Balaban J connectivity index is 1.69. The largest absolute Gasteiger partial charge is 0.344 e. The molecule has 2 aromatic carbocycles. The van der Waals surface area contributed by atoms with Gasteiger partial charge in [0.15, 0.2) is 5.71 Å². The highest BCUT2D eigenvalue weighted by atomic mass is 32.2. The molecule has 0 spiro atoms. The van der Waals surface area contributed by atoms with Gasteiger partial charge in [-0.05, 0) is 64.2 Å². The van der Waals surface area contributed by atoms with Crippen LogP contribution < -0.4 is 4.90 Å². The second-order valence-corrected chi connectivity index (χ2v) is 15.5. The van der Waals surface area contributed by atoms with E-state index >= 15 is 0 Å². The maximum Gasteiger partial charge on any atom is 0.265 e. The van der Waals surface area contributed by atoms with Crippen LogP contribution in [-0.2, 0) is 35.9 Å². The molecule has 0 aliphatic carbocycles. The number of hydrogen-bond donors (Lipinski definition) is 2. The maximum atomic E-state index is 11.5. The van der Waals surface area contributed by atoms with Crippen LogP contribution in [-0.4, -0.2) is 67.1 Å². The molecule has 46 heavy (non-hydrogen) atoms. The SMILES string of the molecule is CCN1/C(=C/C=C/C=C/C2=[N+](CCCS(=O)(=O)O)c3ccccc3C2(C)CCCS(=O)(=O)O)C(C)(CCCC=O)c2ccccc21. The summed E-state index contributed by atoms with van der Waals surface area (Å²) in [4.78, 5) is 13.4. The molecule has 2 aliphatic heterocycles. The van der Waals surface area contributed by atoms with Crippen LogP contribution >= 0.6 is 0 Å². The van der Waals surface area contributed by atoms with E-state index in [2.05, 4.69) is 43.0 Å². The summed E-state index contributed by atoms with van der Waals surface area (Å²) in [6, 6.07) is 16.2. The van der Waals surface area contributed by atoms with Crippen molar-refractivity contribution in [2.75, 3.05) is 29.5 Å². The van der Waals surface area contributed by atoms with Gasteiger partial charge < -0.3 is 9.69 Å². The van der Waals surface area contributed by atoms with E-state index in [1.54, 1.807) is 0 Å². The van der Waals surface area contributed by atoms with E-state index in [1.165, 1.54) is 11.3 Å². The Hall–Kier alpha value is -3.38. The van der Waals surface area contributed by atoms with Gasteiger partial charge in [0, 0.05) is 53.9 Å². The summed E-state index contributed by atoms with van der Waals surface area (Å²) in [6.45, 7) is 7.52. The molecule has 0 fully saturated rings. The zero-order chi connectivity index (χ0) is 33.6. The highest BCUT2D eigenvalue weighted by molar-refractivity contribution is 7.86. The summed E-state index contributed by atoms with van der Waals surface area (Å²) in [7, 11) is -8.27. The highest BCUT2D eigenvalue weighted by Crippen LogP contribution is 2.50. The third-order valence-corrected chi connectivity index (χ3v) is 10.8. The van der Waals surface area contributed by atoms with Crippen molar-refractivity contribution in [2.24, 2.45) is 0 Å². The minimum absolute atomic E-state index is 0.198. The van der Waals surface area contributed by atoms with Gasteiger partial charge in [0.25, 0.3) is 20.2 Å². The number of rotatable bonds is 16. The van der Waals surface area contributed by atoms with Crippen molar-refractivity contribution in [1.82, 2.24) is 0 Å². The first-order valence-corrected chi connectivity index (χ1v) is 19.0. The molecule has 11 heteroatoms. The average Bonchev–Trinajstić information content (AvgIpc) is 3.37. The van der Waals surface area contributed by atoms with Gasteiger partial charge in [-0.3, -0.25) is 9.11 Å². The van der Waals surface area contributed by atoms with Gasteiger partial charge in [-0.15, -0.1) is 0 Å². The van der Waals surface area contributed by atoms with Crippen molar-refractivity contribution in [3.63, 3.8) is 0 Å². The number of carbonyl (C=O) groups excluding carboxylic acids is 1. The summed E-state index contributed by atoms with van der Waals surface area (Å²) in [5.41, 5.74) is 5.48. The molecule has 2 aromatic rings. The molecular weight excluding hydrogens is 625 g/mol. The van der Waals surface area contributed by atoms with Crippen molar-refractivity contribution in [3.05, 3.63) is 95.7 Å². The van der Waals surface area contributed by atoms with Gasteiger partial charge >= 0.3 is 0 Å². The molecule has 2 N–H and O–H groups in total. The van der Waals surface area contributed by atoms with Gasteiger partial charge in [-0.1, -0.05) is 54.6 Å². The predicted molar refractivity (Wildman–Crippen MR) is 183 cm³/mol. The van der Waals surface area contributed by atoms with Crippen LogP contribution in [0.5, 0.6) is 0 Å². The van der Waals surface area contributed by atoms with Gasteiger partial charge in [-0.2, -0.15) is 21.4 Å². The fourth-order valence-electron chi connectivity index (χ4n) is 7.05. The first-order chi connectivity index (χ1) is 21.7. The zero-order valence-corrected chi connectivity index (χ0v) is 28.4. The molecule has 2 aliphatic rings. The molecule has 0 amide bonds. The fourth-order valence-corrected chi connectivity index (χ4v) is 8.05. The molecule has 0 bridgehead atoms. The Morgan fingerprint density at radius 3 is 2.11 bits per heavy atom. The lowest BCUT2D eigenvalue weighted by molar-refractivity contribution is -0.437. The van der Waals surface area contributed by atoms with E-state index < -0.39 is 25.7 Å². The molecule has 0 saturated heterocycles. The number of aldehydes is 1. The van der Waals surface area contributed by atoms with Crippen molar-refractivity contribution in [2.45, 2.75) is 70.1 Å². The lowest BCUT2D eigenvalue weighted by atomic mass is 9.76. The standard InChI is InChI=1S/C35H44N2O7S2/c1-4-36-30-18-10-8-16-28(30)34(2,22-12-13-25-38)32(36)20-6-5-7-21-33-35(3,23-14-26-45(39,40)41)29-17-9-11-19-31(29)37(33)24-15-27-46(42,43)44/h5-11,16-21,25H,4,12-15,22-24,26-27H2,1-3H3,(H-,39,40,41,42,43,44)/p+1. The molecule has 0 aromatic heterocycles. The van der Waals surface area contributed by atoms with Crippen LogP contribution in [0.15, 0.2) is 84.6 Å². The van der Waals surface area contributed by atoms with Crippen LogP contribution in [0.25, 0.3) is 0 Å². The Morgan fingerprint density at radius 1 is 0.804 bits per heavy atom. The molecule has 248 valence electrons. The zero-order valence-electron chi connectivity index (χ0n) is 26.8. The lowest BCUT2D eigenvalue weighted by Gasteiger charge is -2.29. The van der Waals surface area contributed by atoms with Gasteiger partial charge in [0.1, 0.15) is 12.8 Å². The maximum absolute atomic E-state index is 11.5. The number of anilines is 1. The molecule has 0 radical (unpaired) electrons. The number of allylic oxidation sites excluding steroid dienone is 6. The topological polar surface area (TPSA) is 132 Å². The quantitative estimate of drug-likeness (QED) is 0.0715. The molecule has 9 nitrogen and oxygen atoms in total. The van der Waals surface area contributed by atoms with Crippen LogP contribution in [0.1, 0.15) is 70.4 Å². The lowest BCUT2D eigenvalue weighted by Crippen LogP contribution is -2.32. The molecule has 0 saturated carbocycles. The van der Waals surface area contributed by atoms with E-state index in [-0.39, 0.29) is 29.8 Å². The first-order valence-electron chi connectivity index (χ1n) is 15.8. The Morgan fingerprint density at radius 2 is 1.43 bits per heavy atom. The van der Waals surface area contributed by atoms with Gasteiger partial charge in [0.05, 0.1) is 16.9 Å². The summed E-state index contributed by atoms with van der Waals surface area (Å²) in [5, 5.41) is 0. The summed E-state index contributed by atoms with van der Waals surface area (Å²) in [5.74, 6) is -0.739. The van der Waals surface area contributed by atoms with Gasteiger partial charge in [-0.25, -0.2) is 0 Å². The van der Waals surface area contributed by atoms with Crippen molar-refractivity contribution >= 4 is 43.6 Å². The van der Waals surface area contributed by atoms with E-state index in [0.29, 0.717) is 19.4 Å². The first kappa shape index (κ1) is 35.5. The van der Waals surface area contributed by atoms with Gasteiger partial charge in [0.2, 0.25) is 5.69 Å². The number of para-hydroxylation sites is 2. The number of carbonyl (C=O) groups is 1. The molecule has 2 unspecified atom stereocenters. The Bertz CT molecular complexity index is 1780. The molecule has 2 heterocycles. The number of fused-ring (bicyclic) bond motifs is 2. The van der Waals surface area contributed by atoms with Crippen LogP contribution in [0, 0.1) is 0 Å². The smallest absolute Gasteiger partial charge is 0.265 e. The Labute approximate surface area is 273 Å². The second-order valence-electron chi connectivity index (χ2n) is 12.4. The summed E-state index contributed by atoms with van der Waals surface area (Å²) < 4.78 is 66.8. The monoisotopic (exact) mass is 669 g/mol. The number of hydrogen-bond acceptors (Lipinski definition) is 6. The molecule has 2 atom stereocenters. The van der Waals surface area contributed by atoms with E-state index in [1.807, 2.05) is 66.1 Å². The highest BCUT2D eigenvalue weighted by Gasteiger charge is 2.47. The van der Waals surface area contributed by atoms with Crippen LogP contribution in [0.2, 0.25) is 0 Å². The van der Waals surface area contributed by atoms with Crippen LogP contribution in [0.4, 0.5) is 11.4 Å². The second kappa shape index (κ2) is 14.6. The number of benzene rings is 2. The third kappa shape index (κ3) is 7.94. The molecule has 4 rings (SSSR count). The van der Waals surface area contributed by atoms with E-state index in [4.69, 9.17) is 0 Å². The van der Waals surface area contributed by atoms with Crippen LogP contribution in [0.3, 0.4) is 0 Å². The minimum atomic E-state index is -4.13. The van der Waals surface area contributed by atoms with Crippen molar-refractivity contribution < 1.29 is 35.3 Å². The normalized spacial score (nSPS) is 22.4. The van der Waals surface area contributed by atoms with E-state index in [0.717, 1.165) is 48.3 Å². The summed E-state index contributed by atoms with van der Waals surface area (Å²) >= 11 is 0. The number of likely N-dealkylation sites (N-methyl/N-ethyl adjacent to an activating group) is 1.